The van der Waals surface area contributed by atoms with Crippen molar-refractivity contribution in [1.29, 1.82) is 0 Å². The van der Waals surface area contributed by atoms with Gasteiger partial charge in [0.2, 0.25) is 0 Å². The van der Waals surface area contributed by atoms with Gasteiger partial charge in [-0.1, -0.05) is 59.6 Å². The lowest BCUT2D eigenvalue weighted by atomic mass is 10.2. The Bertz CT molecular complexity index is 1260. The SMILES string of the molecule is Cc1nn(-c2ccccc2)c(Cl)c1C(=O)NCCCCNC(=O)c1c(C)nn(-c2ccccc2)c1Cl. The summed E-state index contributed by atoms with van der Waals surface area (Å²) in [7, 11) is 0. The summed E-state index contributed by atoms with van der Waals surface area (Å²) >= 11 is 12.9. The molecule has 2 heterocycles. The number of hydrogen-bond donors (Lipinski definition) is 2. The molecule has 0 fully saturated rings. The van der Waals surface area contributed by atoms with E-state index in [9.17, 15) is 9.59 Å². The molecule has 0 atom stereocenters. The third-order valence-corrected chi connectivity index (χ3v) is 6.34. The summed E-state index contributed by atoms with van der Waals surface area (Å²) in [6.07, 6.45) is 1.34. The second-order valence-electron chi connectivity index (χ2n) is 8.22. The lowest BCUT2D eigenvalue weighted by Gasteiger charge is -2.07. The number of rotatable bonds is 9. The Morgan fingerprint density at radius 3 is 1.42 bits per heavy atom. The van der Waals surface area contributed by atoms with Crippen molar-refractivity contribution >= 4 is 35.0 Å². The molecule has 4 aromatic rings. The summed E-state index contributed by atoms with van der Waals surface area (Å²) in [6.45, 7) is 4.38. The van der Waals surface area contributed by atoms with Gasteiger partial charge in [0, 0.05) is 13.1 Å². The molecule has 0 aliphatic rings. The van der Waals surface area contributed by atoms with Gasteiger partial charge in [0.1, 0.15) is 10.3 Å². The van der Waals surface area contributed by atoms with E-state index in [1.807, 2.05) is 60.7 Å². The number of amides is 2. The van der Waals surface area contributed by atoms with Crippen LogP contribution in [0.2, 0.25) is 10.3 Å². The highest BCUT2D eigenvalue weighted by molar-refractivity contribution is 6.33. The van der Waals surface area contributed by atoms with E-state index in [2.05, 4.69) is 20.8 Å². The fraction of sp³-hybridized carbons (Fsp3) is 0.231. The van der Waals surface area contributed by atoms with Crippen molar-refractivity contribution in [3.8, 4) is 11.4 Å². The molecular weight excluding hydrogens is 499 g/mol. The van der Waals surface area contributed by atoms with Crippen LogP contribution in [0.5, 0.6) is 0 Å². The Morgan fingerprint density at radius 1 is 0.694 bits per heavy atom. The Balaban J connectivity index is 1.26. The standard InChI is InChI=1S/C26H26Cl2N6O2/c1-17-21(23(27)33(31-17)19-11-5-3-6-12-19)25(35)29-15-9-10-16-30-26(36)22-18(2)32-34(24(22)28)20-13-7-4-8-14-20/h3-8,11-14H,9-10,15-16H2,1-2H3,(H,29,35)(H,30,36). The molecule has 0 aliphatic carbocycles. The van der Waals surface area contributed by atoms with Gasteiger partial charge in [0.25, 0.3) is 11.8 Å². The van der Waals surface area contributed by atoms with E-state index < -0.39 is 0 Å². The first-order valence-electron chi connectivity index (χ1n) is 11.6. The van der Waals surface area contributed by atoms with Gasteiger partial charge in [-0.2, -0.15) is 10.2 Å². The summed E-state index contributed by atoms with van der Waals surface area (Å²) in [5, 5.41) is 15.1. The highest BCUT2D eigenvalue weighted by Gasteiger charge is 2.22. The number of para-hydroxylation sites is 2. The molecule has 186 valence electrons. The first-order valence-corrected chi connectivity index (χ1v) is 12.3. The molecule has 2 amide bonds. The van der Waals surface area contributed by atoms with Crippen molar-refractivity contribution in [3.63, 3.8) is 0 Å². The molecule has 2 aromatic carbocycles. The molecule has 0 unspecified atom stereocenters. The number of nitrogens with zero attached hydrogens (tertiary/aromatic N) is 4. The van der Waals surface area contributed by atoms with Crippen LogP contribution in [0.1, 0.15) is 44.9 Å². The molecule has 0 saturated carbocycles. The fourth-order valence-corrected chi connectivity index (χ4v) is 4.54. The van der Waals surface area contributed by atoms with Gasteiger partial charge < -0.3 is 10.6 Å². The van der Waals surface area contributed by atoms with E-state index in [0.29, 0.717) is 48.4 Å². The second kappa shape index (κ2) is 11.4. The molecule has 8 nitrogen and oxygen atoms in total. The minimum Gasteiger partial charge on any atom is -0.352 e. The van der Waals surface area contributed by atoms with E-state index in [1.54, 1.807) is 23.2 Å². The zero-order chi connectivity index (χ0) is 25.7. The van der Waals surface area contributed by atoms with E-state index in [1.165, 1.54) is 0 Å². The predicted octanol–water partition coefficient (Wildman–Crippen LogP) is 4.92. The molecule has 0 aliphatic heterocycles. The van der Waals surface area contributed by atoms with E-state index in [4.69, 9.17) is 23.2 Å². The van der Waals surface area contributed by atoms with Gasteiger partial charge in [-0.05, 0) is 51.0 Å². The smallest absolute Gasteiger partial charge is 0.256 e. The maximum Gasteiger partial charge on any atom is 0.256 e. The zero-order valence-electron chi connectivity index (χ0n) is 20.0. The van der Waals surface area contributed by atoms with Crippen LogP contribution in [0.3, 0.4) is 0 Å². The molecule has 0 saturated heterocycles. The number of nitrogens with one attached hydrogen (secondary N) is 2. The van der Waals surface area contributed by atoms with Crippen molar-refractivity contribution in [2.24, 2.45) is 0 Å². The quantitative estimate of drug-likeness (QED) is 0.304. The highest BCUT2D eigenvalue weighted by atomic mass is 35.5. The zero-order valence-corrected chi connectivity index (χ0v) is 21.5. The van der Waals surface area contributed by atoms with Crippen LogP contribution in [-0.2, 0) is 0 Å². The van der Waals surface area contributed by atoms with Crippen LogP contribution in [0, 0.1) is 13.8 Å². The Kier molecular flexibility index (Phi) is 8.07. The summed E-state index contributed by atoms with van der Waals surface area (Å²) < 4.78 is 3.10. The van der Waals surface area contributed by atoms with Crippen molar-refractivity contribution in [1.82, 2.24) is 30.2 Å². The first-order chi connectivity index (χ1) is 17.4. The van der Waals surface area contributed by atoms with E-state index >= 15 is 0 Å². The van der Waals surface area contributed by atoms with Crippen LogP contribution in [0.15, 0.2) is 60.7 Å². The lowest BCUT2D eigenvalue weighted by Crippen LogP contribution is -2.28. The monoisotopic (exact) mass is 524 g/mol. The van der Waals surface area contributed by atoms with E-state index in [0.717, 1.165) is 11.4 Å². The van der Waals surface area contributed by atoms with Gasteiger partial charge in [-0.3, -0.25) is 9.59 Å². The van der Waals surface area contributed by atoms with Gasteiger partial charge in [0.15, 0.2) is 0 Å². The number of hydrogen-bond acceptors (Lipinski definition) is 4. The minimum atomic E-state index is -0.278. The predicted molar refractivity (Wildman–Crippen MR) is 141 cm³/mol. The average Bonchev–Trinajstić information content (AvgIpc) is 3.35. The third kappa shape index (κ3) is 5.45. The molecule has 0 radical (unpaired) electrons. The molecule has 2 N–H and O–H groups in total. The van der Waals surface area contributed by atoms with Gasteiger partial charge in [-0.25, -0.2) is 9.36 Å². The number of benzene rings is 2. The number of unbranched alkanes of at least 4 members (excludes halogenated alkanes) is 1. The molecule has 0 bridgehead atoms. The summed E-state index contributed by atoms with van der Waals surface area (Å²) in [5.74, 6) is -0.557. The maximum atomic E-state index is 12.7. The number of carbonyl (C=O) groups is 2. The Hall–Kier alpha value is -3.62. The number of carbonyl (C=O) groups excluding carboxylic acids is 2. The normalized spacial score (nSPS) is 10.9. The van der Waals surface area contributed by atoms with Crippen LogP contribution < -0.4 is 10.6 Å². The summed E-state index contributed by atoms with van der Waals surface area (Å²) in [5.41, 5.74) is 3.38. The Morgan fingerprint density at radius 2 is 1.06 bits per heavy atom. The van der Waals surface area contributed by atoms with Crippen molar-refractivity contribution in [3.05, 3.63) is 93.5 Å². The van der Waals surface area contributed by atoms with Crippen LogP contribution in [0.4, 0.5) is 0 Å². The lowest BCUT2D eigenvalue weighted by molar-refractivity contribution is 0.0939. The van der Waals surface area contributed by atoms with E-state index in [-0.39, 0.29) is 22.1 Å². The number of aryl methyl sites for hydroxylation is 2. The third-order valence-electron chi connectivity index (χ3n) is 5.64. The number of halogens is 2. The van der Waals surface area contributed by atoms with Gasteiger partial charge in [0.05, 0.1) is 33.9 Å². The second-order valence-corrected chi connectivity index (χ2v) is 8.93. The minimum absolute atomic E-state index is 0.270. The molecule has 10 heteroatoms. The first kappa shape index (κ1) is 25.5. The average molecular weight is 525 g/mol. The van der Waals surface area contributed by atoms with Crippen molar-refractivity contribution in [2.75, 3.05) is 13.1 Å². The summed E-state index contributed by atoms with van der Waals surface area (Å²) in [4.78, 5) is 25.4. The van der Waals surface area contributed by atoms with Crippen molar-refractivity contribution < 1.29 is 9.59 Å². The largest absolute Gasteiger partial charge is 0.352 e. The molecule has 0 spiro atoms. The number of aromatic nitrogens is 4. The molecule has 2 aromatic heterocycles. The maximum absolute atomic E-state index is 12.7. The van der Waals surface area contributed by atoms with Crippen molar-refractivity contribution in [2.45, 2.75) is 26.7 Å². The van der Waals surface area contributed by atoms with Crippen LogP contribution >= 0.6 is 23.2 Å². The fourth-order valence-electron chi connectivity index (χ4n) is 3.83. The molecule has 36 heavy (non-hydrogen) atoms. The Labute approximate surface area is 219 Å². The topological polar surface area (TPSA) is 93.8 Å². The highest BCUT2D eigenvalue weighted by Crippen LogP contribution is 2.24. The van der Waals surface area contributed by atoms with Crippen LogP contribution in [0.25, 0.3) is 11.4 Å². The van der Waals surface area contributed by atoms with Gasteiger partial charge >= 0.3 is 0 Å². The summed E-state index contributed by atoms with van der Waals surface area (Å²) in [6, 6.07) is 18.8. The molecular formula is C26H26Cl2N6O2. The van der Waals surface area contributed by atoms with Gasteiger partial charge in [-0.15, -0.1) is 0 Å². The van der Waals surface area contributed by atoms with Crippen LogP contribution in [-0.4, -0.2) is 44.5 Å². The molecule has 4 rings (SSSR count).